The molecule has 208 valence electrons. The monoisotopic (exact) mass is 593 g/mol. The molecule has 39 heavy (non-hydrogen) atoms. The van der Waals surface area contributed by atoms with Crippen LogP contribution in [0, 0.1) is 0 Å². The zero-order valence-corrected chi connectivity index (χ0v) is 21.3. The topological polar surface area (TPSA) is 81.6 Å². The van der Waals surface area contributed by atoms with E-state index in [0.717, 1.165) is 40.4 Å². The van der Waals surface area contributed by atoms with Crippen molar-refractivity contribution in [2.75, 3.05) is 12.4 Å². The van der Waals surface area contributed by atoms with Crippen LogP contribution in [0.15, 0.2) is 71.8 Å². The second-order valence-electron chi connectivity index (χ2n) is 8.05. The molecule has 0 aliphatic rings. The summed E-state index contributed by atoms with van der Waals surface area (Å²) in [6.07, 6.45) is -8.57. The normalized spacial score (nSPS) is 12.5. The first-order valence-electron chi connectivity index (χ1n) is 10.9. The minimum atomic E-state index is -5.01. The summed E-state index contributed by atoms with van der Waals surface area (Å²) in [5.41, 5.74) is 1.30. The van der Waals surface area contributed by atoms with Gasteiger partial charge in [-0.3, -0.25) is 0 Å². The number of nitrogens with one attached hydrogen (secondary N) is 2. The summed E-state index contributed by atoms with van der Waals surface area (Å²) < 4.78 is 111. The zero-order valence-electron chi connectivity index (χ0n) is 19.7. The number of alkyl halides is 6. The summed E-state index contributed by atoms with van der Waals surface area (Å²) in [5.74, 6) is -1.23. The number of nitrogens with zero attached hydrogens (tertiary/aromatic N) is 1. The van der Waals surface area contributed by atoms with E-state index in [1.807, 2.05) is 0 Å². The molecule has 0 aliphatic carbocycles. The van der Waals surface area contributed by atoms with Gasteiger partial charge < -0.3 is 20.1 Å². The van der Waals surface area contributed by atoms with E-state index in [1.54, 1.807) is 19.2 Å². The Morgan fingerprint density at radius 2 is 1.56 bits per heavy atom. The van der Waals surface area contributed by atoms with Gasteiger partial charge in [-0.1, -0.05) is 23.7 Å². The van der Waals surface area contributed by atoms with Gasteiger partial charge in [0.2, 0.25) is 0 Å². The third kappa shape index (κ3) is 6.69. The molecule has 0 unspecified atom stereocenters. The van der Waals surface area contributed by atoms with E-state index >= 15 is 0 Å². The number of halogens is 7. The quantitative estimate of drug-likeness (QED) is 0.219. The maximum Gasteiger partial charge on any atom is 0.573 e. The van der Waals surface area contributed by atoms with Gasteiger partial charge in [0, 0.05) is 35.9 Å². The molecule has 1 heterocycles. The van der Waals surface area contributed by atoms with E-state index in [9.17, 15) is 34.8 Å². The molecule has 0 radical (unpaired) electrons. The number of ether oxygens (including phenoxy) is 2. The van der Waals surface area contributed by atoms with E-state index in [0.29, 0.717) is 16.6 Å². The van der Waals surface area contributed by atoms with Crippen molar-refractivity contribution in [1.82, 2.24) is 9.29 Å². The molecule has 7 nitrogen and oxygen atoms in total. The summed E-state index contributed by atoms with van der Waals surface area (Å²) in [5, 5.41) is 6.26. The molecule has 4 aromatic rings. The molecule has 0 atom stereocenters. The highest BCUT2D eigenvalue weighted by Gasteiger charge is 2.32. The number of fused-ring (bicyclic) bond motifs is 1. The van der Waals surface area contributed by atoms with Gasteiger partial charge in [-0.05, 0) is 49.0 Å². The van der Waals surface area contributed by atoms with Crippen LogP contribution in [0.5, 0.6) is 11.5 Å². The Bertz CT molecular complexity index is 1620. The van der Waals surface area contributed by atoms with Gasteiger partial charge in [0.15, 0.2) is 0 Å². The fourth-order valence-corrected chi connectivity index (χ4v) is 5.41. The summed E-state index contributed by atoms with van der Waals surface area (Å²) in [7, 11) is -2.74. The number of anilines is 2. The van der Waals surface area contributed by atoms with E-state index in [1.165, 1.54) is 18.3 Å². The van der Waals surface area contributed by atoms with Crippen molar-refractivity contribution in [2.45, 2.75) is 24.2 Å². The third-order valence-electron chi connectivity index (χ3n) is 5.27. The molecule has 0 spiro atoms. The fourth-order valence-electron chi connectivity index (χ4n) is 3.77. The maximum atomic E-state index is 13.5. The Hall–Kier alpha value is -3.62. The Morgan fingerprint density at radius 1 is 0.897 bits per heavy atom. The smallest absolute Gasteiger partial charge is 0.406 e. The molecule has 0 saturated carbocycles. The lowest BCUT2D eigenvalue weighted by Gasteiger charge is -2.13. The second-order valence-corrected chi connectivity index (χ2v) is 10.3. The molecule has 4 rings (SSSR count). The Morgan fingerprint density at radius 3 is 2.18 bits per heavy atom. The van der Waals surface area contributed by atoms with E-state index in [-0.39, 0.29) is 22.8 Å². The standard InChI is InChI=1S/C24H18ClF6N3O4S/c1-32-12-14-13-34(39(35,36)18-4-2-3-16(10-18)37-23(26,27)28)22-9-15(5-7-19(14)22)33-21-8-6-17(11-20(21)25)38-24(29,30)31/h2-11,13,32-33H,12H2,1H3. The average Bonchev–Trinajstić information content (AvgIpc) is 3.18. The van der Waals surface area contributed by atoms with Crippen molar-refractivity contribution < 1.29 is 44.2 Å². The first-order valence-corrected chi connectivity index (χ1v) is 12.7. The molecule has 0 fully saturated rings. The maximum absolute atomic E-state index is 13.5. The van der Waals surface area contributed by atoms with Gasteiger partial charge in [0.25, 0.3) is 10.0 Å². The molecular formula is C24H18ClF6N3O4S. The van der Waals surface area contributed by atoms with Crippen LogP contribution in [0.4, 0.5) is 37.7 Å². The van der Waals surface area contributed by atoms with Crippen molar-refractivity contribution >= 4 is 43.9 Å². The first kappa shape index (κ1) is 28.4. The number of rotatable bonds is 8. The van der Waals surface area contributed by atoms with Gasteiger partial charge in [0.05, 0.1) is 21.1 Å². The van der Waals surface area contributed by atoms with Gasteiger partial charge in [-0.15, -0.1) is 26.3 Å². The first-order chi connectivity index (χ1) is 18.2. The molecule has 15 heteroatoms. The second kappa shape index (κ2) is 10.5. The summed E-state index contributed by atoms with van der Waals surface area (Å²) >= 11 is 6.11. The minimum Gasteiger partial charge on any atom is -0.406 e. The van der Waals surface area contributed by atoms with Crippen molar-refractivity contribution in [3.05, 3.63) is 77.4 Å². The number of benzene rings is 3. The van der Waals surface area contributed by atoms with Crippen LogP contribution in [0.25, 0.3) is 10.9 Å². The van der Waals surface area contributed by atoms with Crippen molar-refractivity contribution in [3.63, 3.8) is 0 Å². The molecule has 2 N–H and O–H groups in total. The van der Waals surface area contributed by atoms with Gasteiger partial charge >= 0.3 is 12.7 Å². The molecule has 0 bridgehead atoms. The minimum absolute atomic E-state index is 0.0998. The number of hydrogen-bond donors (Lipinski definition) is 2. The highest BCUT2D eigenvalue weighted by atomic mass is 35.5. The van der Waals surface area contributed by atoms with Crippen molar-refractivity contribution in [1.29, 1.82) is 0 Å². The van der Waals surface area contributed by atoms with Crippen LogP contribution in [-0.4, -0.2) is 32.2 Å². The average molecular weight is 594 g/mol. The molecule has 3 aromatic carbocycles. The molecule has 0 saturated heterocycles. The fraction of sp³-hybridized carbons (Fsp3) is 0.167. The lowest BCUT2D eigenvalue weighted by molar-refractivity contribution is -0.275. The zero-order chi connectivity index (χ0) is 28.6. The predicted molar refractivity (Wildman–Crippen MR) is 132 cm³/mol. The summed E-state index contributed by atoms with van der Waals surface area (Å²) in [6.45, 7) is 0.273. The van der Waals surface area contributed by atoms with Gasteiger partial charge in [-0.2, -0.15) is 0 Å². The van der Waals surface area contributed by atoms with Crippen LogP contribution in [0.1, 0.15) is 5.56 Å². The highest BCUT2D eigenvalue weighted by molar-refractivity contribution is 7.90. The highest BCUT2D eigenvalue weighted by Crippen LogP contribution is 2.35. The lowest BCUT2D eigenvalue weighted by Crippen LogP contribution is -2.18. The van der Waals surface area contributed by atoms with E-state index < -0.39 is 39.1 Å². The summed E-state index contributed by atoms with van der Waals surface area (Å²) in [4.78, 5) is -0.446. The largest absolute Gasteiger partial charge is 0.573 e. The SMILES string of the molecule is CNCc1cn(S(=O)(=O)c2cccc(OC(F)(F)F)c2)c2cc(Nc3ccc(OC(F)(F)F)cc3Cl)ccc12. The molecule has 1 aromatic heterocycles. The third-order valence-corrected chi connectivity index (χ3v) is 7.25. The van der Waals surface area contributed by atoms with E-state index in [4.69, 9.17) is 11.6 Å². The Kier molecular flexibility index (Phi) is 7.65. The van der Waals surface area contributed by atoms with Crippen molar-refractivity contribution in [2.24, 2.45) is 0 Å². The molecule has 0 amide bonds. The van der Waals surface area contributed by atoms with Crippen LogP contribution in [0.2, 0.25) is 5.02 Å². The van der Waals surface area contributed by atoms with Gasteiger partial charge in [0.1, 0.15) is 11.5 Å². The number of hydrogen-bond acceptors (Lipinski definition) is 6. The van der Waals surface area contributed by atoms with E-state index in [2.05, 4.69) is 20.1 Å². The summed E-state index contributed by atoms with van der Waals surface area (Å²) in [6, 6.07) is 11.9. The molecular weight excluding hydrogens is 576 g/mol. The van der Waals surface area contributed by atoms with Crippen molar-refractivity contribution in [3.8, 4) is 11.5 Å². The molecule has 0 aliphatic heterocycles. The van der Waals surface area contributed by atoms with Crippen LogP contribution < -0.4 is 20.1 Å². The van der Waals surface area contributed by atoms with Crippen LogP contribution in [0.3, 0.4) is 0 Å². The lowest BCUT2D eigenvalue weighted by atomic mass is 10.1. The van der Waals surface area contributed by atoms with Gasteiger partial charge in [-0.25, -0.2) is 12.4 Å². The Labute approximate surface area is 222 Å². The Balaban J connectivity index is 1.74. The van der Waals surface area contributed by atoms with Crippen LogP contribution in [-0.2, 0) is 16.6 Å². The predicted octanol–water partition coefficient (Wildman–Crippen LogP) is 6.79. The van der Waals surface area contributed by atoms with Crippen LogP contribution >= 0.6 is 11.6 Å². The number of aromatic nitrogens is 1.